The molecule has 0 atom stereocenters. The van der Waals surface area contributed by atoms with Gasteiger partial charge in [0.15, 0.2) is 0 Å². The van der Waals surface area contributed by atoms with Gasteiger partial charge in [0.1, 0.15) is 0 Å². The van der Waals surface area contributed by atoms with E-state index in [2.05, 4.69) is 10.1 Å². The molecule has 2 amide bonds. The molecule has 2 rings (SSSR count). The summed E-state index contributed by atoms with van der Waals surface area (Å²) in [5.74, 6) is -0.235. The van der Waals surface area contributed by atoms with Crippen LogP contribution in [0.4, 0.5) is 4.79 Å². The molecule has 0 spiro atoms. The number of nitrogens with zero attached hydrogens (tertiary/aromatic N) is 3. The lowest BCUT2D eigenvalue weighted by Gasteiger charge is -2.13. The molecule has 1 aliphatic rings. The molecule has 1 fully saturated rings. The summed E-state index contributed by atoms with van der Waals surface area (Å²) in [6.07, 6.45) is 1.21. The van der Waals surface area contributed by atoms with Crippen LogP contribution in [0.2, 0.25) is 0 Å². The summed E-state index contributed by atoms with van der Waals surface area (Å²) in [5.41, 5.74) is 0. The molecule has 0 aromatic carbocycles. The van der Waals surface area contributed by atoms with Crippen molar-refractivity contribution >= 4 is 12.0 Å². The normalized spacial score (nSPS) is 14.6. The molecule has 0 bridgehead atoms. The number of carbonyl (C=O) groups excluding carboxylic acids is 1. The third-order valence-corrected chi connectivity index (χ3v) is 2.48. The highest BCUT2D eigenvalue weighted by Crippen LogP contribution is 2.38. The van der Waals surface area contributed by atoms with Gasteiger partial charge in [-0.3, -0.25) is 4.79 Å². The summed E-state index contributed by atoms with van der Waals surface area (Å²) >= 11 is 0. The van der Waals surface area contributed by atoms with Crippen LogP contribution in [0.25, 0.3) is 0 Å². The standard InChI is InChI=1S/C10H13N3O4/c1-2-5-13(10(15)16)9(14)7-11-8(17-12-7)6-3-4-6/h6H,2-5H2,1H3,(H,15,16). The van der Waals surface area contributed by atoms with E-state index in [4.69, 9.17) is 9.63 Å². The second-order valence-electron chi connectivity index (χ2n) is 3.97. The van der Waals surface area contributed by atoms with Crippen molar-refractivity contribution in [1.82, 2.24) is 15.0 Å². The van der Waals surface area contributed by atoms with Gasteiger partial charge >= 0.3 is 12.0 Å². The van der Waals surface area contributed by atoms with Crippen LogP contribution in [0.5, 0.6) is 0 Å². The summed E-state index contributed by atoms with van der Waals surface area (Å²) in [7, 11) is 0. The molecule has 0 aliphatic heterocycles. The molecular weight excluding hydrogens is 226 g/mol. The number of aromatic nitrogens is 2. The maximum atomic E-state index is 11.8. The quantitative estimate of drug-likeness (QED) is 0.854. The summed E-state index contributed by atoms with van der Waals surface area (Å²) in [6, 6.07) is 0. The van der Waals surface area contributed by atoms with Crippen LogP contribution in [0.3, 0.4) is 0 Å². The molecule has 1 aromatic heterocycles. The van der Waals surface area contributed by atoms with Gasteiger partial charge in [0.2, 0.25) is 5.89 Å². The lowest BCUT2D eigenvalue weighted by Crippen LogP contribution is -2.37. The zero-order chi connectivity index (χ0) is 12.4. The second kappa shape index (κ2) is 4.52. The fourth-order valence-electron chi connectivity index (χ4n) is 1.45. The van der Waals surface area contributed by atoms with E-state index in [1.165, 1.54) is 0 Å². The first-order valence-electron chi connectivity index (χ1n) is 5.52. The summed E-state index contributed by atoms with van der Waals surface area (Å²) < 4.78 is 4.92. The molecule has 7 nitrogen and oxygen atoms in total. The number of imide groups is 1. The van der Waals surface area contributed by atoms with Gasteiger partial charge in [-0.05, 0) is 19.3 Å². The van der Waals surface area contributed by atoms with Gasteiger partial charge < -0.3 is 9.63 Å². The van der Waals surface area contributed by atoms with Crippen LogP contribution in [0, 0.1) is 0 Å². The van der Waals surface area contributed by atoms with Crippen LogP contribution in [-0.4, -0.2) is 38.7 Å². The van der Waals surface area contributed by atoms with Gasteiger partial charge in [-0.2, -0.15) is 4.98 Å². The van der Waals surface area contributed by atoms with Crippen molar-refractivity contribution in [2.24, 2.45) is 0 Å². The average molecular weight is 239 g/mol. The van der Waals surface area contributed by atoms with Gasteiger partial charge in [0.25, 0.3) is 5.82 Å². The van der Waals surface area contributed by atoms with Crippen LogP contribution in [0.15, 0.2) is 4.52 Å². The third-order valence-electron chi connectivity index (χ3n) is 2.48. The fraction of sp³-hybridized carbons (Fsp3) is 0.600. The number of carboxylic acid groups (broad SMARTS) is 1. The molecule has 0 saturated heterocycles. The van der Waals surface area contributed by atoms with E-state index in [0.29, 0.717) is 17.2 Å². The van der Waals surface area contributed by atoms with Crippen molar-refractivity contribution in [2.75, 3.05) is 6.54 Å². The Morgan fingerprint density at radius 3 is 2.76 bits per heavy atom. The highest BCUT2D eigenvalue weighted by atomic mass is 16.5. The molecule has 92 valence electrons. The molecule has 17 heavy (non-hydrogen) atoms. The molecule has 0 unspecified atom stereocenters. The van der Waals surface area contributed by atoms with Crippen LogP contribution >= 0.6 is 0 Å². The summed E-state index contributed by atoms with van der Waals surface area (Å²) in [4.78, 5) is 27.3. The minimum atomic E-state index is -1.30. The Morgan fingerprint density at radius 2 is 2.24 bits per heavy atom. The zero-order valence-electron chi connectivity index (χ0n) is 9.42. The third kappa shape index (κ3) is 2.43. The predicted octanol–water partition coefficient (Wildman–Crippen LogP) is 1.48. The van der Waals surface area contributed by atoms with E-state index >= 15 is 0 Å². The molecule has 7 heteroatoms. The smallest absolute Gasteiger partial charge is 0.414 e. The molecular formula is C10H13N3O4. The Kier molecular flexibility index (Phi) is 3.08. The largest absolute Gasteiger partial charge is 0.465 e. The van der Waals surface area contributed by atoms with Crippen molar-refractivity contribution < 1.29 is 19.2 Å². The van der Waals surface area contributed by atoms with E-state index in [0.717, 1.165) is 12.8 Å². The Hall–Kier alpha value is -1.92. The number of hydrogen-bond donors (Lipinski definition) is 1. The highest BCUT2D eigenvalue weighted by Gasteiger charge is 2.32. The van der Waals surface area contributed by atoms with E-state index in [1.54, 1.807) is 6.92 Å². The van der Waals surface area contributed by atoms with E-state index in [-0.39, 0.29) is 18.3 Å². The number of amides is 2. The maximum Gasteiger partial charge on any atom is 0.414 e. The fourth-order valence-corrected chi connectivity index (χ4v) is 1.45. The van der Waals surface area contributed by atoms with Gasteiger partial charge in [-0.15, -0.1) is 0 Å². The Balaban J connectivity index is 2.12. The van der Waals surface area contributed by atoms with Gasteiger partial charge in [-0.1, -0.05) is 12.1 Å². The van der Waals surface area contributed by atoms with Crippen molar-refractivity contribution in [3.63, 3.8) is 0 Å². The zero-order valence-corrected chi connectivity index (χ0v) is 9.42. The minimum Gasteiger partial charge on any atom is -0.465 e. The lowest BCUT2D eigenvalue weighted by molar-refractivity contribution is 0.0727. The van der Waals surface area contributed by atoms with Crippen molar-refractivity contribution in [1.29, 1.82) is 0 Å². The summed E-state index contributed by atoms with van der Waals surface area (Å²) in [5, 5.41) is 12.4. The van der Waals surface area contributed by atoms with Crippen molar-refractivity contribution in [2.45, 2.75) is 32.1 Å². The molecule has 1 N–H and O–H groups in total. The van der Waals surface area contributed by atoms with Crippen molar-refractivity contribution in [3.05, 3.63) is 11.7 Å². The Bertz CT molecular complexity index is 439. The summed E-state index contributed by atoms with van der Waals surface area (Å²) in [6.45, 7) is 1.91. The average Bonchev–Trinajstić information content (AvgIpc) is 3.03. The molecule has 1 aromatic rings. The first kappa shape index (κ1) is 11.6. The highest BCUT2D eigenvalue weighted by molar-refractivity contribution is 5.99. The number of hydrogen-bond acceptors (Lipinski definition) is 5. The van der Waals surface area contributed by atoms with E-state index < -0.39 is 12.0 Å². The topological polar surface area (TPSA) is 96.5 Å². The van der Waals surface area contributed by atoms with Gasteiger partial charge in [0.05, 0.1) is 0 Å². The first-order chi connectivity index (χ1) is 8.13. The van der Waals surface area contributed by atoms with Crippen LogP contribution < -0.4 is 0 Å². The second-order valence-corrected chi connectivity index (χ2v) is 3.97. The van der Waals surface area contributed by atoms with Gasteiger partial charge in [-0.25, -0.2) is 9.69 Å². The molecule has 1 heterocycles. The predicted molar refractivity (Wildman–Crippen MR) is 55.6 cm³/mol. The first-order valence-corrected chi connectivity index (χ1v) is 5.52. The lowest BCUT2D eigenvalue weighted by atomic mass is 10.4. The van der Waals surface area contributed by atoms with E-state index in [1.807, 2.05) is 0 Å². The minimum absolute atomic E-state index is 0.126. The van der Waals surface area contributed by atoms with Crippen LogP contribution in [0.1, 0.15) is 48.6 Å². The molecule has 1 aliphatic carbocycles. The Labute approximate surface area is 97.4 Å². The van der Waals surface area contributed by atoms with E-state index in [9.17, 15) is 9.59 Å². The van der Waals surface area contributed by atoms with Crippen molar-refractivity contribution in [3.8, 4) is 0 Å². The number of carbonyl (C=O) groups is 2. The monoisotopic (exact) mass is 239 g/mol. The molecule has 0 radical (unpaired) electrons. The van der Waals surface area contributed by atoms with Gasteiger partial charge in [0, 0.05) is 12.5 Å². The molecule has 1 saturated carbocycles. The van der Waals surface area contributed by atoms with Crippen LogP contribution in [-0.2, 0) is 0 Å². The maximum absolute atomic E-state index is 11.8. The SMILES string of the molecule is CCCN(C(=O)O)C(=O)c1noc(C2CC2)n1. The number of rotatable bonds is 4. The Morgan fingerprint density at radius 1 is 1.53 bits per heavy atom.